The minimum atomic E-state index is -0.0788. The molecule has 32 heavy (non-hydrogen) atoms. The van der Waals surface area contributed by atoms with Crippen LogP contribution < -0.4 is 5.32 Å². The second-order valence-electron chi connectivity index (χ2n) is 7.35. The number of carbonyl (C=O) groups excluding carboxylic acids is 1. The third kappa shape index (κ3) is 4.84. The Balaban J connectivity index is 1.57. The van der Waals surface area contributed by atoms with Crippen molar-refractivity contribution in [1.82, 2.24) is 14.8 Å². The molecule has 162 valence electrons. The average molecular weight is 461 g/mol. The van der Waals surface area contributed by atoms with Gasteiger partial charge in [0.25, 0.3) is 0 Å². The average Bonchev–Trinajstić information content (AvgIpc) is 3.37. The Bertz CT molecular complexity index is 1230. The number of thiophene rings is 1. The van der Waals surface area contributed by atoms with Crippen molar-refractivity contribution in [3.8, 4) is 22.5 Å². The van der Waals surface area contributed by atoms with Crippen LogP contribution in [0.15, 0.2) is 77.8 Å². The van der Waals surface area contributed by atoms with E-state index in [2.05, 4.69) is 46.5 Å². The van der Waals surface area contributed by atoms with Gasteiger partial charge < -0.3 is 5.32 Å². The molecule has 0 aliphatic rings. The molecule has 1 N–H and O–H groups in total. The first kappa shape index (κ1) is 22.0. The van der Waals surface area contributed by atoms with Crippen molar-refractivity contribution in [2.24, 2.45) is 0 Å². The number of amides is 1. The molecule has 2 aromatic carbocycles. The molecule has 0 radical (unpaired) electrons. The number of thioether (sulfide) groups is 1. The van der Waals surface area contributed by atoms with Crippen LogP contribution in [-0.4, -0.2) is 26.4 Å². The van der Waals surface area contributed by atoms with Crippen LogP contribution in [-0.2, 0) is 11.3 Å². The van der Waals surface area contributed by atoms with Gasteiger partial charge in [0.15, 0.2) is 11.0 Å². The van der Waals surface area contributed by atoms with Gasteiger partial charge in [-0.15, -0.1) is 28.1 Å². The molecule has 0 atom stereocenters. The summed E-state index contributed by atoms with van der Waals surface area (Å²) in [6, 6.07) is 18.1. The molecule has 0 saturated heterocycles. The van der Waals surface area contributed by atoms with Gasteiger partial charge in [0.2, 0.25) is 5.91 Å². The Kier molecular flexibility index (Phi) is 6.87. The van der Waals surface area contributed by atoms with Gasteiger partial charge in [-0.1, -0.05) is 65.9 Å². The number of aromatic nitrogens is 3. The molecule has 0 bridgehead atoms. The number of hydrogen-bond donors (Lipinski definition) is 1. The van der Waals surface area contributed by atoms with E-state index in [9.17, 15) is 4.79 Å². The van der Waals surface area contributed by atoms with Gasteiger partial charge in [-0.05, 0) is 31.5 Å². The summed E-state index contributed by atoms with van der Waals surface area (Å²) in [5.41, 5.74) is 5.31. The fraction of sp³-hybridized carbons (Fsp3) is 0.160. The quantitative estimate of drug-likeness (QED) is 0.251. The van der Waals surface area contributed by atoms with Gasteiger partial charge in [0, 0.05) is 33.6 Å². The lowest BCUT2D eigenvalue weighted by atomic mass is 10.0. The zero-order valence-electron chi connectivity index (χ0n) is 18.0. The fourth-order valence-corrected chi connectivity index (χ4v) is 5.05. The van der Waals surface area contributed by atoms with Gasteiger partial charge in [0.05, 0.1) is 5.75 Å². The maximum Gasteiger partial charge on any atom is 0.234 e. The largest absolute Gasteiger partial charge is 0.325 e. The SMILES string of the molecule is C=CCn1c(SCC(=O)Nc2ccc(C)cc2)nnc1-c1csc(C)c1-c1ccccc1. The zero-order valence-corrected chi connectivity index (χ0v) is 19.7. The highest BCUT2D eigenvalue weighted by Crippen LogP contribution is 2.39. The highest BCUT2D eigenvalue weighted by Gasteiger charge is 2.20. The Hall–Kier alpha value is -3.16. The number of nitrogens with zero attached hydrogens (tertiary/aromatic N) is 3. The Morgan fingerprint density at radius 3 is 2.59 bits per heavy atom. The number of benzene rings is 2. The lowest BCUT2D eigenvalue weighted by molar-refractivity contribution is -0.113. The summed E-state index contributed by atoms with van der Waals surface area (Å²) in [6.45, 7) is 8.59. The molecule has 4 aromatic rings. The molecule has 1 amide bonds. The summed E-state index contributed by atoms with van der Waals surface area (Å²) in [5, 5.41) is 14.6. The smallest absolute Gasteiger partial charge is 0.234 e. The number of aryl methyl sites for hydroxylation is 2. The summed E-state index contributed by atoms with van der Waals surface area (Å²) < 4.78 is 2.02. The van der Waals surface area contributed by atoms with Crippen LogP contribution in [0, 0.1) is 13.8 Å². The minimum absolute atomic E-state index is 0.0788. The van der Waals surface area contributed by atoms with Crippen molar-refractivity contribution >= 4 is 34.7 Å². The van der Waals surface area contributed by atoms with E-state index in [0.29, 0.717) is 11.7 Å². The Labute approximate surface area is 196 Å². The van der Waals surface area contributed by atoms with E-state index in [1.54, 1.807) is 11.3 Å². The molecule has 2 heterocycles. The van der Waals surface area contributed by atoms with Crippen molar-refractivity contribution in [2.45, 2.75) is 25.5 Å². The summed E-state index contributed by atoms with van der Waals surface area (Å²) >= 11 is 3.07. The molecule has 0 spiro atoms. The summed E-state index contributed by atoms with van der Waals surface area (Å²) in [6.07, 6.45) is 1.82. The normalized spacial score (nSPS) is 10.8. The van der Waals surface area contributed by atoms with E-state index in [4.69, 9.17) is 0 Å². The number of anilines is 1. The molecule has 0 unspecified atom stereocenters. The molecule has 0 saturated carbocycles. The van der Waals surface area contributed by atoms with Gasteiger partial charge in [0.1, 0.15) is 0 Å². The summed E-state index contributed by atoms with van der Waals surface area (Å²) in [4.78, 5) is 13.7. The number of hydrogen-bond acceptors (Lipinski definition) is 5. The van der Waals surface area contributed by atoms with E-state index in [0.717, 1.165) is 28.2 Å². The van der Waals surface area contributed by atoms with Crippen LogP contribution in [0.4, 0.5) is 5.69 Å². The molecular formula is C25H24N4OS2. The molecule has 2 aromatic heterocycles. The zero-order chi connectivity index (χ0) is 22.5. The van der Waals surface area contributed by atoms with Crippen molar-refractivity contribution in [1.29, 1.82) is 0 Å². The molecule has 0 fully saturated rings. The van der Waals surface area contributed by atoms with Crippen LogP contribution in [0.1, 0.15) is 10.4 Å². The number of allylic oxidation sites excluding steroid dienone is 1. The van der Waals surface area contributed by atoms with E-state index in [1.807, 2.05) is 60.0 Å². The maximum atomic E-state index is 12.5. The first-order valence-corrected chi connectivity index (χ1v) is 12.1. The standard InChI is InChI=1S/C25H24N4OS2/c1-4-14-29-24(21-15-31-18(3)23(21)19-8-6-5-7-9-19)27-28-25(29)32-16-22(30)26-20-12-10-17(2)11-13-20/h4-13,15H,1,14,16H2,2-3H3,(H,26,30). The monoisotopic (exact) mass is 460 g/mol. The molecular weight excluding hydrogens is 436 g/mol. The van der Waals surface area contributed by atoms with E-state index in [-0.39, 0.29) is 11.7 Å². The van der Waals surface area contributed by atoms with Crippen LogP contribution >= 0.6 is 23.1 Å². The van der Waals surface area contributed by atoms with E-state index < -0.39 is 0 Å². The highest BCUT2D eigenvalue weighted by molar-refractivity contribution is 7.99. The van der Waals surface area contributed by atoms with Crippen LogP contribution in [0.5, 0.6) is 0 Å². The number of nitrogens with one attached hydrogen (secondary N) is 1. The molecule has 5 nitrogen and oxygen atoms in total. The molecule has 4 rings (SSSR count). The van der Waals surface area contributed by atoms with Crippen LogP contribution in [0.25, 0.3) is 22.5 Å². The molecule has 7 heteroatoms. The third-order valence-electron chi connectivity index (χ3n) is 4.97. The third-order valence-corrected chi connectivity index (χ3v) is 6.85. The number of carbonyl (C=O) groups is 1. The minimum Gasteiger partial charge on any atom is -0.325 e. The predicted octanol–water partition coefficient (Wildman–Crippen LogP) is 6.21. The lowest BCUT2D eigenvalue weighted by Crippen LogP contribution is -2.14. The molecule has 0 aliphatic heterocycles. The number of rotatable bonds is 8. The van der Waals surface area contributed by atoms with Crippen molar-refractivity contribution in [3.05, 3.63) is 83.1 Å². The van der Waals surface area contributed by atoms with Crippen molar-refractivity contribution in [3.63, 3.8) is 0 Å². The topological polar surface area (TPSA) is 59.8 Å². The Morgan fingerprint density at radius 1 is 1.12 bits per heavy atom. The van der Waals surface area contributed by atoms with Crippen molar-refractivity contribution < 1.29 is 4.79 Å². The second kappa shape index (κ2) is 9.97. The first-order valence-electron chi connectivity index (χ1n) is 10.2. The van der Waals surface area contributed by atoms with E-state index in [1.165, 1.54) is 22.2 Å². The van der Waals surface area contributed by atoms with Gasteiger partial charge in [-0.3, -0.25) is 9.36 Å². The van der Waals surface area contributed by atoms with Crippen molar-refractivity contribution in [2.75, 3.05) is 11.1 Å². The maximum absolute atomic E-state index is 12.5. The summed E-state index contributed by atoms with van der Waals surface area (Å²) in [7, 11) is 0. The van der Waals surface area contributed by atoms with Crippen LogP contribution in [0.2, 0.25) is 0 Å². The van der Waals surface area contributed by atoms with Crippen LogP contribution in [0.3, 0.4) is 0 Å². The summed E-state index contributed by atoms with van der Waals surface area (Å²) in [5.74, 6) is 0.955. The Morgan fingerprint density at radius 2 is 1.88 bits per heavy atom. The van der Waals surface area contributed by atoms with Gasteiger partial charge in [-0.25, -0.2) is 0 Å². The lowest BCUT2D eigenvalue weighted by Gasteiger charge is -2.10. The first-order chi connectivity index (χ1) is 15.6. The highest BCUT2D eigenvalue weighted by atomic mass is 32.2. The molecule has 0 aliphatic carbocycles. The predicted molar refractivity (Wildman–Crippen MR) is 134 cm³/mol. The van der Waals surface area contributed by atoms with Gasteiger partial charge >= 0.3 is 0 Å². The van der Waals surface area contributed by atoms with E-state index >= 15 is 0 Å². The van der Waals surface area contributed by atoms with Gasteiger partial charge in [-0.2, -0.15) is 0 Å². The second-order valence-corrected chi connectivity index (χ2v) is 9.38. The fourth-order valence-electron chi connectivity index (χ4n) is 3.44.